The number of nitrogens with one attached hydrogen (secondary N) is 1. The monoisotopic (exact) mass is 307 g/mol. The van der Waals surface area contributed by atoms with Crippen molar-refractivity contribution >= 4 is 17.5 Å². The molecule has 1 saturated heterocycles. The number of halogens is 1. The molecule has 1 aliphatic rings. The van der Waals surface area contributed by atoms with Crippen molar-refractivity contribution in [3.05, 3.63) is 35.2 Å². The number of nitrogens with zero attached hydrogens (tertiary/aromatic N) is 2. The van der Waals surface area contributed by atoms with E-state index in [1.54, 1.807) is 6.07 Å². The van der Waals surface area contributed by atoms with Crippen molar-refractivity contribution in [1.29, 1.82) is 0 Å². The quantitative estimate of drug-likeness (QED) is 0.937. The molecule has 0 radical (unpaired) electrons. The molecule has 110 valence electrons. The zero-order chi connectivity index (χ0) is 14.7. The Morgan fingerprint density at radius 2 is 2.29 bits per heavy atom. The largest absolute Gasteiger partial charge is 0.368 e. The minimum Gasteiger partial charge on any atom is -0.368 e. The number of hydrogen-bond acceptors (Lipinski definition) is 5. The zero-order valence-electron chi connectivity index (χ0n) is 11.2. The van der Waals surface area contributed by atoms with Gasteiger partial charge < -0.3 is 14.6 Å². The van der Waals surface area contributed by atoms with Gasteiger partial charge in [0.2, 0.25) is 17.6 Å². The van der Waals surface area contributed by atoms with Crippen LogP contribution in [0.3, 0.4) is 0 Å². The summed E-state index contributed by atoms with van der Waals surface area (Å²) in [6, 6.07) is 7.24. The van der Waals surface area contributed by atoms with E-state index in [2.05, 4.69) is 15.5 Å². The van der Waals surface area contributed by atoms with E-state index in [-0.39, 0.29) is 18.6 Å². The molecule has 1 aliphatic heterocycles. The molecule has 1 aromatic carbocycles. The van der Waals surface area contributed by atoms with Crippen LogP contribution in [0.15, 0.2) is 28.8 Å². The molecule has 1 atom stereocenters. The lowest BCUT2D eigenvalue weighted by molar-refractivity contribution is -0.130. The number of hydrogen-bond donors (Lipinski definition) is 1. The maximum Gasteiger partial charge on any atom is 0.249 e. The highest BCUT2D eigenvalue weighted by Crippen LogP contribution is 2.24. The second-order valence-electron chi connectivity index (χ2n) is 4.71. The van der Waals surface area contributed by atoms with E-state index in [0.717, 1.165) is 12.8 Å². The molecule has 1 N–H and O–H groups in total. The van der Waals surface area contributed by atoms with E-state index in [1.807, 2.05) is 18.2 Å². The summed E-state index contributed by atoms with van der Waals surface area (Å²) < 4.78 is 10.4. The van der Waals surface area contributed by atoms with Gasteiger partial charge in [-0.3, -0.25) is 4.79 Å². The van der Waals surface area contributed by atoms with Gasteiger partial charge in [0.25, 0.3) is 0 Å². The molecule has 0 saturated carbocycles. The average Bonchev–Trinajstić information content (AvgIpc) is 3.17. The van der Waals surface area contributed by atoms with Crippen LogP contribution in [-0.2, 0) is 16.1 Å². The van der Waals surface area contributed by atoms with E-state index >= 15 is 0 Å². The highest BCUT2D eigenvalue weighted by molar-refractivity contribution is 6.33. The van der Waals surface area contributed by atoms with Crippen molar-refractivity contribution in [2.45, 2.75) is 25.5 Å². The summed E-state index contributed by atoms with van der Waals surface area (Å²) in [5, 5.41) is 7.15. The number of carbonyl (C=O) groups excluding carboxylic acids is 1. The van der Waals surface area contributed by atoms with Crippen molar-refractivity contribution in [2.24, 2.45) is 0 Å². The lowest BCUT2D eigenvalue weighted by Gasteiger charge is -2.08. The van der Waals surface area contributed by atoms with Crippen LogP contribution in [0.5, 0.6) is 0 Å². The number of carbonyl (C=O) groups is 1. The summed E-state index contributed by atoms with van der Waals surface area (Å²) >= 11 is 6.07. The summed E-state index contributed by atoms with van der Waals surface area (Å²) in [5.74, 6) is 0.586. The second-order valence-corrected chi connectivity index (χ2v) is 5.12. The first-order valence-electron chi connectivity index (χ1n) is 6.71. The van der Waals surface area contributed by atoms with Crippen LogP contribution < -0.4 is 5.32 Å². The number of benzene rings is 1. The van der Waals surface area contributed by atoms with Crippen LogP contribution >= 0.6 is 11.6 Å². The van der Waals surface area contributed by atoms with Gasteiger partial charge in [0.05, 0.1) is 11.6 Å². The Bertz CT molecular complexity index is 638. The summed E-state index contributed by atoms with van der Waals surface area (Å²) in [7, 11) is 0. The first-order valence-corrected chi connectivity index (χ1v) is 7.08. The van der Waals surface area contributed by atoms with Crippen LogP contribution in [0, 0.1) is 0 Å². The van der Waals surface area contributed by atoms with E-state index in [0.29, 0.717) is 28.9 Å². The molecule has 2 heterocycles. The molecule has 1 aromatic heterocycles. The van der Waals surface area contributed by atoms with Gasteiger partial charge in [-0.15, -0.1) is 0 Å². The molecular formula is C14H14ClN3O3. The third-order valence-electron chi connectivity index (χ3n) is 3.22. The molecule has 0 spiro atoms. The van der Waals surface area contributed by atoms with Gasteiger partial charge in [-0.2, -0.15) is 4.98 Å². The van der Waals surface area contributed by atoms with Gasteiger partial charge in [-0.05, 0) is 25.0 Å². The summed E-state index contributed by atoms with van der Waals surface area (Å²) in [6.45, 7) is 0.811. The van der Waals surface area contributed by atoms with Gasteiger partial charge in [-0.25, -0.2) is 0 Å². The minimum atomic E-state index is -0.365. The molecule has 0 bridgehead atoms. The molecular weight excluding hydrogens is 294 g/mol. The topological polar surface area (TPSA) is 77.3 Å². The molecule has 7 heteroatoms. The Hall–Kier alpha value is -1.92. The van der Waals surface area contributed by atoms with Gasteiger partial charge in [0.1, 0.15) is 6.10 Å². The smallest absolute Gasteiger partial charge is 0.249 e. The average molecular weight is 308 g/mol. The van der Waals surface area contributed by atoms with E-state index < -0.39 is 0 Å². The van der Waals surface area contributed by atoms with Gasteiger partial charge in [0, 0.05) is 12.2 Å². The van der Waals surface area contributed by atoms with E-state index in [1.165, 1.54) is 0 Å². The number of amides is 1. The van der Waals surface area contributed by atoms with Crippen LogP contribution in [0.1, 0.15) is 18.7 Å². The van der Waals surface area contributed by atoms with Crippen LogP contribution in [0.25, 0.3) is 11.4 Å². The first-order chi connectivity index (χ1) is 10.2. The Kier molecular flexibility index (Phi) is 4.17. The maximum absolute atomic E-state index is 11.8. The fourth-order valence-corrected chi connectivity index (χ4v) is 2.36. The predicted molar refractivity (Wildman–Crippen MR) is 75.6 cm³/mol. The Labute approximate surface area is 126 Å². The molecule has 1 fully saturated rings. The molecule has 1 unspecified atom stereocenters. The summed E-state index contributed by atoms with van der Waals surface area (Å²) in [6.07, 6.45) is 1.30. The normalized spacial score (nSPS) is 17.9. The highest BCUT2D eigenvalue weighted by Gasteiger charge is 2.23. The molecule has 1 amide bonds. The fourth-order valence-electron chi connectivity index (χ4n) is 2.14. The third-order valence-corrected chi connectivity index (χ3v) is 3.55. The zero-order valence-corrected chi connectivity index (χ0v) is 12.0. The Morgan fingerprint density at radius 1 is 1.43 bits per heavy atom. The summed E-state index contributed by atoms with van der Waals surface area (Å²) in [5.41, 5.74) is 0.694. The standard InChI is InChI=1S/C14H14ClN3O3/c15-10-5-2-1-4-9(10)13-17-12(21-18-13)8-16-14(19)11-6-3-7-20-11/h1-2,4-5,11H,3,6-8H2,(H,16,19). The van der Waals surface area contributed by atoms with Gasteiger partial charge in [0.15, 0.2) is 0 Å². The number of rotatable bonds is 4. The lowest BCUT2D eigenvalue weighted by atomic mass is 10.2. The summed E-state index contributed by atoms with van der Waals surface area (Å²) in [4.78, 5) is 16.0. The molecule has 21 heavy (non-hydrogen) atoms. The van der Waals surface area contributed by atoms with Crippen molar-refractivity contribution in [1.82, 2.24) is 15.5 Å². The third kappa shape index (κ3) is 3.22. The Morgan fingerprint density at radius 3 is 3.05 bits per heavy atom. The number of aromatic nitrogens is 2. The molecule has 0 aliphatic carbocycles. The van der Waals surface area contributed by atoms with Crippen molar-refractivity contribution in [2.75, 3.05) is 6.61 Å². The minimum absolute atomic E-state index is 0.148. The highest BCUT2D eigenvalue weighted by atomic mass is 35.5. The number of ether oxygens (including phenoxy) is 1. The van der Waals surface area contributed by atoms with Crippen LogP contribution in [0.4, 0.5) is 0 Å². The van der Waals surface area contributed by atoms with Gasteiger partial charge in [-0.1, -0.05) is 28.9 Å². The van der Waals surface area contributed by atoms with Crippen molar-refractivity contribution in [3.63, 3.8) is 0 Å². The van der Waals surface area contributed by atoms with Crippen LogP contribution in [-0.4, -0.2) is 28.8 Å². The molecule has 6 nitrogen and oxygen atoms in total. The van der Waals surface area contributed by atoms with E-state index in [4.69, 9.17) is 20.9 Å². The maximum atomic E-state index is 11.8. The van der Waals surface area contributed by atoms with Crippen molar-refractivity contribution < 1.29 is 14.1 Å². The predicted octanol–water partition coefficient (Wildman–Crippen LogP) is 2.19. The van der Waals surface area contributed by atoms with Crippen molar-refractivity contribution in [3.8, 4) is 11.4 Å². The Balaban J connectivity index is 1.63. The molecule has 2 aromatic rings. The van der Waals surface area contributed by atoms with Crippen LogP contribution in [0.2, 0.25) is 5.02 Å². The SMILES string of the molecule is O=C(NCc1nc(-c2ccccc2Cl)no1)C1CCCO1. The first kappa shape index (κ1) is 14.0. The molecule has 3 rings (SSSR count). The fraction of sp³-hybridized carbons (Fsp3) is 0.357. The lowest BCUT2D eigenvalue weighted by Crippen LogP contribution is -2.33. The van der Waals surface area contributed by atoms with Gasteiger partial charge >= 0.3 is 0 Å². The van der Waals surface area contributed by atoms with E-state index in [9.17, 15) is 4.79 Å². The second kappa shape index (κ2) is 6.24.